The molecule has 1 unspecified atom stereocenters. The minimum Gasteiger partial charge on any atom is -0.306 e. The Labute approximate surface area is 110 Å². The van der Waals surface area contributed by atoms with E-state index in [1.54, 1.807) is 0 Å². The van der Waals surface area contributed by atoms with Crippen molar-refractivity contribution in [1.82, 2.24) is 15.1 Å². The number of hydrogen-bond acceptors (Lipinski definition) is 2. The van der Waals surface area contributed by atoms with Gasteiger partial charge in [0.05, 0.1) is 11.2 Å². The molecule has 1 N–H and O–H groups in total. The zero-order valence-corrected chi connectivity index (χ0v) is 11.7. The lowest BCUT2D eigenvalue weighted by Crippen LogP contribution is -2.45. The Balaban J connectivity index is 1.99. The van der Waals surface area contributed by atoms with Crippen LogP contribution in [0, 0.1) is 5.92 Å². The van der Waals surface area contributed by atoms with Gasteiger partial charge in [-0.15, -0.1) is 0 Å². The molecule has 0 spiro atoms. The maximum atomic E-state index is 4.55. The average Bonchev–Trinajstić information content (AvgIpc) is 3.11. The fraction of sp³-hybridized carbons (Fsp3) is 0.800. The summed E-state index contributed by atoms with van der Waals surface area (Å²) in [4.78, 5) is 0. The molecular weight excluding hydrogens is 222 g/mol. The second-order valence-electron chi connectivity index (χ2n) is 6.24. The monoisotopic (exact) mass is 247 g/mol. The maximum Gasteiger partial charge on any atom is 0.0634 e. The first-order valence-corrected chi connectivity index (χ1v) is 7.53. The summed E-state index contributed by atoms with van der Waals surface area (Å²) in [6.45, 7) is 5.63. The molecule has 2 heterocycles. The van der Waals surface area contributed by atoms with Crippen LogP contribution < -0.4 is 5.32 Å². The molecule has 1 aromatic heterocycles. The average molecular weight is 247 g/mol. The summed E-state index contributed by atoms with van der Waals surface area (Å²) in [6, 6.07) is 2.70. The first kappa shape index (κ1) is 12.2. The lowest BCUT2D eigenvalue weighted by atomic mass is 9.84. The molecule has 100 valence electrons. The summed E-state index contributed by atoms with van der Waals surface area (Å²) in [7, 11) is 0. The van der Waals surface area contributed by atoms with Gasteiger partial charge in [-0.1, -0.05) is 12.8 Å². The van der Waals surface area contributed by atoms with Crippen LogP contribution in [-0.4, -0.2) is 16.3 Å². The molecule has 1 atom stereocenters. The Morgan fingerprint density at radius 3 is 2.89 bits per heavy atom. The topological polar surface area (TPSA) is 29.9 Å². The van der Waals surface area contributed by atoms with Crippen LogP contribution in [0.5, 0.6) is 0 Å². The standard InChI is InChI=1S/C15H25N3/c1-12(2)18-14(8-11-17-18)15(13-6-7-13)9-4-3-5-10-16-15/h8,11-13,16H,3-7,9-10H2,1-2H3. The molecule has 0 aromatic carbocycles. The molecule has 0 bridgehead atoms. The summed E-state index contributed by atoms with van der Waals surface area (Å²) in [5.41, 5.74) is 1.65. The normalized spacial score (nSPS) is 29.5. The van der Waals surface area contributed by atoms with Crippen molar-refractivity contribution in [3.05, 3.63) is 18.0 Å². The highest BCUT2D eigenvalue weighted by Crippen LogP contribution is 2.49. The SMILES string of the molecule is CC(C)n1nccc1C1(C2CC2)CCCCCN1. The van der Waals surface area contributed by atoms with Crippen molar-refractivity contribution in [3.8, 4) is 0 Å². The predicted molar refractivity (Wildman–Crippen MR) is 73.5 cm³/mol. The molecule has 1 aromatic rings. The smallest absolute Gasteiger partial charge is 0.0634 e. The molecule has 1 aliphatic carbocycles. The largest absolute Gasteiger partial charge is 0.306 e. The molecule has 2 aliphatic rings. The quantitative estimate of drug-likeness (QED) is 0.888. The fourth-order valence-electron chi connectivity index (χ4n) is 3.54. The van der Waals surface area contributed by atoms with Crippen LogP contribution in [0.25, 0.3) is 0 Å². The lowest BCUT2D eigenvalue weighted by molar-refractivity contribution is 0.251. The second kappa shape index (κ2) is 4.69. The highest BCUT2D eigenvalue weighted by Gasteiger charge is 2.48. The van der Waals surface area contributed by atoms with Crippen molar-refractivity contribution in [2.24, 2.45) is 5.92 Å². The number of rotatable bonds is 3. The first-order chi connectivity index (χ1) is 8.74. The van der Waals surface area contributed by atoms with E-state index in [-0.39, 0.29) is 5.54 Å². The highest BCUT2D eigenvalue weighted by molar-refractivity contribution is 5.21. The van der Waals surface area contributed by atoms with Crippen molar-refractivity contribution in [3.63, 3.8) is 0 Å². The van der Waals surface area contributed by atoms with Gasteiger partial charge in [0.25, 0.3) is 0 Å². The van der Waals surface area contributed by atoms with Gasteiger partial charge in [0.2, 0.25) is 0 Å². The Morgan fingerprint density at radius 2 is 2.17 bits per heavy atom. The molecule has 1 aliphatic heterocycles. The van der Waals surface area contributed by atoms with Crippen LogP contribution in [0.2, 0.25) is 0 Å². The summed E-state index contributed by atoms with van der Waals surface area (Å²) >= 11 is 0. The van der Waals surface area contributed by atoms with Gasteiger partial charge in [0.15, 0.2) is 0 Å². The van der Waals surface area contributed by atoms with Gasteiger partial charge in [-0.3, -0.25) is 4.68 Å². The van der Waals surface area contributed by atoms with Gasteiger partial charge in [0, 0.05) is 12.2 Å². The number of hydrogen-bond donors (Lipinski definition) is 1. The van der Waals surface area contributed by atoms with E-state index in [0.29, 0.717) is 6.04 Å². The van der Waals surface area contributed by atoms with Crippen molar-refractivity contribution in [2.45, 2.75) is 64.0 Å². The lowest BCUT2D eigenvalue weighted by Gasteiger charge is -2.35. The van der Waals surface area contributed by atoms with Crippen LogP contribution in [0.1, 0.15) is 64.1 Å². The van der Waals surface area contributed by atoms with Gasteiger partial charge in [-0.25, -0.2) is 0 Å². The maximum absolute atomic E-state index is 4.55. The van der Waals surface area contributed by atoms with Crippen molar-refractivity contribution in [2.75, 3.05) is 6.54 Å². The van der Waals surface area contributed by atoms with E-state index in [9.17, 15) is 0 Å². The van der Waals surface area contributed by atoms with E-state index in [0.717, 1.165) is 5.92 Å². The van der Waals surface area contributed by atoms with Gasteiger partial charge >= 0.3 is 0 Å². The summed E-state index contributed by atoms with van der Waals surface area (Å²) < 4.78 is 2.23. The minimum atomic E-state index is 0.220. The Hall–Kier alpha value is -0.830. The van der Waals surface area contributed by atoms with E-state index >= 15 is 0 Å². The van der Waals surface area contributed by atoms with Crippen molar-refractivity contribution >= 4 is 0 Å². The summed E-state index contributed by atoms with van der Waals surface area (Å²) in [6.07, 6.45) is 10.1. The van der Waals surface area contributed by atoms with E-state index < -0.39 is 0 Å². The van der Waals surface area contributed by atoms with E-state index in [2.05, 4.69) is 35.0 Å². The molecule has 0 radical (unpaired) electrons. The summed E-state index contributed by atoms with van der Waals surface area (Å²) in [5, 5.41) is 8.45. The third-order valence-electron chi connectivity index (χ3n) is 4.58. The van der Waals surface area contributed by atoms with Gasteiger partial charge in [-0.05, 0) is 58.1 Å². The van der Waals surface area contributed by atoms with Crippen LogP contribution in [0.4, 0.5) is 0 Å². The van der Waals surface area contributed by atoms with Crippen LogP contribution >= 0.6 is 0 Å². The molecule has 1 saturated heterocycles. The second-order valence-corrected chi connectivity index (χ2v) is 6.24. The zero-order valence-electron chi connectivity index (χ0n) is 11.7. The van der Waals surface area contributed by atoms with Crippen LogP contribution in [0.3, 0.4) is 0 Å². The van der Waals surface area contributed by atoms with Crippen molar-refractivity contribution in [1.29, 1.82) is 0 Å². The first-order valence-electron chi connectivity index (χ1n) is 7.53. The number of nitrogens with one attached hydrogen (secondary N) is 1. The third-order valence-corrected chi connectivity index (χ3v) is 4.58. The van der Waals surface area contributed by atoms with Gasteiger partial charge < -0.3 is 5.32 Å². The van der Waals surface area contributed by atoms with E-state index in [4.69, 9.17) is 0 Å². The summed E-state index contributed by atoms with van der Waals surface area (Å²) in [5.74, 6) is 0.838. The molecule has 3 heteroatoms. The fourth-order valence-corrected chi connectivity index (χ4v) is 3.54. The van der Waals surface area contributed by atoms with Crippen LogP contribution in [-0.2, 0) is 5.54 Å². The molecular formula is C15H25N3. The minimum absolute atomic E-state index is 0.220. The zero-order chi connectivity index (χ0) is 12.6. The number of nitrogens with zero attached hydrogens (tertiary/aromatic N) is 2. The molecule has 2 fully saturated rings. The molecule has 1 saturated carbocycles. The Bertz CT molecular complexity index is 396. The van der Waals surface area contributed by atoms with Gasteiger partial charge in [-0.2, -0.15) is 5.10 Å². The molecule has 0 amide bonds. The third kappa shape index (κ3) is 1.99. The highest BCUT2D eigenvalue weighted by atomic mass is 15.3. The van der Waals surface area contributed by atoms with E-state index in [1.165, 1.54) is 50.8 Å². The Morgan fingerprint density at radius 1 is 1.33 bits per heavy atom. The molecule has 3 rings (SSSR count). The molecule has 3 nitrogen and oxygen atoms in total. The Kier molecular flexibility index (Phi) is 3.18. The molecule has 18 heavy (non-hydrogen) atoms. The predicted octanol–water partition coefficient (Wildman–Crippen LogP) is 3.23. The van der Waals surface area contributed by atoms with E-state index in [1.807, 2.05) is 6.20 Å². The van der Waals surface area contributed by atoms with Crippen LogP contribution in [0.15, 0.2) is 12.3 Å². The number of aromatic nitrogens is 2. The van der Waals surface area contributed by atoms with Crippen molar-refractivity contribution < 1.29 is 0 Å². The van der Waals surface area contributed by atoms with Gasteiger partial charge in [0.1, 0.15) is 0 Å².